The summed E-state index contributed by atoms with van der Waals surface area (Å²) in [6, 6.07) is 6.32. The van der Waals surface area contributed by atoms with Crippen LogP contribution in [-0.2, 0) is 10.0 Å². The highest BCUT2D eigenvalue weighted by Gasteiger charge is 2.29. The minimum Gasteiger partial charge on any atom is -0.352 e. The number of nitrogens with one attached hydrogen (secondary N) is 1. The highest BCUT2D eigenvalue weighted by atomic mass is 32.2. The van der Waals surface area contributed by atoms with Crippen LogP contribution in [0.1, 0.15) is 49.4 Å². The van der Waals surface area contributed by atoms with Gasteiger partial charge in [-0.3, -0.25) is 4.79 Å². The van der Waals surface area contributed by atoms with Crippen molar-refractivity contribution in [1.82, 2.24) is 9.62 Å². The molecular formula is C16H24N2O3S. The zero-order chi connectivity index (χ0) is 16.2. The molecule has 6 heteroatoms. The Morgan fingerprint density at radius 3 is 2.59 bits per heavy atom. The first-order valence-corrected chi connectivity index (χ1v) is 9.27. The first-order chi connectivity index (χ1) is 10.5. The van der Waals surface area contributed by atoms with E-state index in [4.69, 9.17) is 0 Å². The van der Waals surface area contributed by atoms with E-state index in [0.717, 1.165) is 25.7 Å². The lowest BCUT2D eigenvalue weighted by Gasteiger charge is -2.30. The molecule has 1 N–H and O–H groups in total. The Morgan fingerprint density at radius 2 is 1.95 bits per heavy atom. The van der Waals surface area contributed by atoms with Crippen LogP contribution in [0.2, 0.25) is 0 Å². The summed E-state index contributed by atoms with van der Waals surface area (Å²) in [7, 11) is -1.91. The second-order valence-corrected chi connectivity index (χ2v) is 7.70. The molecule has 0 atom stereocenters. The number of sulfonamides is 1. The lowest BCUT2D eigenvalue weighted by Crippen LogP contribution is -2.38. The molecule has 2 rings (SSSR count). The molecule has 0 saturated heterocycles. The van der Waals surface area contributed by atoms with Gasteiger partial charge in [-0.1, -0.05) is 25.3 Å². The number of carbonyl (C=O) groups is 1. The van der Waals surface area contributed by atoms with Gasteiger partial charge in [0.2, 0.25) is 10.0 Å². The highest BCUT2D eigenvalue weighted by Crippen LogP contribution is 2.26. The van der Waals surface area contributed by atoms with Crippen molar-refractivity contribution < 1.29 is 13.2 Å². The molecule has 1 amide bonds. The molecule has 0 aliphatic heterocycles. The minimum absolute atomic E-state index is 0.0619. The van der Waals surface area contributed by atoms with E-state index >= 15 is 0 Å². The van der Waals surface area contributed by atoms with Gasteiger partial charge in [-0.15, -0.1) is 0 Å². The van der Waals surface area contributed by atoms with E-state index in [9.17, 15) is 13.2 Å². The molecule has 0 bridgehead atoms. The third-order valence-electron chi connectivity index (χ3n) is 4.20. The molecule has 22 heavy (non-hydrogen) atoms. The Morgan fingerprint density at radius 1 is 1.27 bits per heavy atom. The van der Waals surface area contributed by atoms with Crippen molar-refractivity contribution in [2.24, 2.45) is 0 Å². The number of hydrogen-bond donors (Lipinski definition) is 1. The lowest BCUT2D eigenvalue weighted by atomic mass is 9.96. The second kappa shape index (κ2) is 7.24. The standard InChI is InChI=1S/C16H24N2O3S/c1-3-17-16(19)13-8-7-11-15(12-13)22(20,21)18(2)14-9-5-4-6-10-14/h7-8,11-12,14H,3-6,9-10H2,1-2H3,(H,17,19). The fraction of sp³-hybridized carbons (Fsp3) is 0.562. The van der Waals surface area contributed by atoms with Gasteiger partial charge in [0.15, 0.2) is 0 Å². The summed E-state index contributed by atoms with van der Waals surface area (Å²) in [4.78, 5) is 12.1. The maximum atomic E-state index is 12.8. The summed E-state index contributed by atoms with van der Waals surface area (Å²) in [5.74, 6) is -0.250. The van der Waals surface area contributed by atoms with Crippen molar-refractivity contribution >= 4 is 15.9 Å². The maximum Gasteiger partial charge on any atom is 0.251 e. The van der Waals surface area contributed by atoms with Crippen LogP contribution in [0, 0.1) is 0 Å². The van der Waals surface area contributed by atoms with E-state index in [1.807, 2.05) is 6.92 Å². The number of nitrogens with zero attached hydrogens (tertiary/aromatic N) is 1. The van der Waals surface area contributed by atoms with Crippen LogP contribution < -0.4 is 5.32 Å². The van der Waals surface area contributed by atoms with Crippen LogP contribution in [0.25, 0.3) is 0 Å². The third kappa shape index (κ3) is 3.67. The predicted molar refractivity (Wildman–Crippen MR) is 86.3 cm³/mol. The Balaban J connectivity index is 2.25. The average molecular weight is 324 g/mol. The molecule has 1 aromatic carbocycles. The van der Waals surface area contributed by atoms with Crippen LogP contribution in [0.4, 0.5) is 0 Å². The number of hydrogen-bond acceptors (Lipinski definition) is 3. The van der Waals surface area contributed by atoms with Gasteiger partial charge in [0, 0.05) is 25.2 Å². The summed E-state index contributed by atoms with van der Waals surface area (Å²) >= 11 is 0. The molecule has 1 aliphatic rings. The quantitative estimate of drug-likeness (QED) is 0.904. The second-order valence-electron chi connectivity index (χ2n) is 5.70. The van der Waals surface area contributed by atoms with Crippen molar-refractivity contribution in [3.63, 3.8) is 0 Å². The Kier molecular flexibility index (Phi) is 5.58. The summed E-state index contributed by atoms with van der Waals surface area (Å²) < 4.78 is 27.0. The summed E-state index contributed by atoms with van der Waals surface area (Å²) in [5.41, 5.74) is 0.375. The topological polar surface area (TPSA) is 66.5 Å². The molecule has 1 aromatic rings. The summed E-state index contributed by atoms with van der Waals surface area (Å²) in [6.45, 7) is 2.34. The molecule has 5 nitrogen and oxygen atoms in total. The Labute approximate surface area is 132 Å². The van der Waals surface area contributed by atoms with Crippen LogP contribution in [-0.4, -0.2) is 38.3 Å². The predicted octanol–water partition coefficient (Wildman–Crippen LogP) is 2.39. The van der Waals surface area contributed by atoms with E-state index in [0.29, 0.717) is 12.1 Å². The normalized spacial score (nSPS) is 16.7. The van der Waals surface area contributed by atoms with Gasteiger partial charge in [0.25, 0.3) is 5.91 Å². The SMILES string of the molecule is CCNC(=O)c1cccc(S(=O)(=O)N(C)C2CCCCC2)c1. The van der Waals surface area contributed by atoms with Gasteiger partial charge < -0.3 is 5.32 Å². The number of benzene rings is 1. The van der Waals surface area contributed by atoms with Crippen LogP contribution >= 0.6 is 0 Å². The van der Waals surface area contributed by atoms with Crippen molar-refractivity contribution in [2.45, 2.75) is 50.0 Å². The average Bonchev–Trinajstić information content (AvgIpc) is 2.55. The van der Waals surface area contributed by atoms with E-state index < -0.39 is 10.0 Å². The first-order valence-electron chi connectivity index (χ1n) is 7.83. The highest BCUT2D eigenvalue weighted by molar-refractivity contribution is 7.89. The van der Waals surface area contributed by atoms with E-state index in [1.165, 1.54) is 16.8 Å². The van der Waals surface area contributed by atoms with Crippen LogP contribution in [0.5, 0.6) is 0 Å². The molecule has 0 heterocycles. The molecule has 0 aromatic heterocycles. The molecule has 1 fully saturated rings. The minimum atomic E-state index is -3.56. The lowest BCUT2D eigenvalue weighted by molar-refractivity contribution is 0.0955. The molecular weight excluding hydrogens is 300 g/mol. The molecule has 0 unspecified atom stereocenters. The third-order valence-corrected chi connectivity index (χ3v) is 6.11. The van der Waals surface area contributed by atoms with Crippen molar-refractivity contribution in [3.8, 4) is 0 Å². The summed E-state index contributed by atoms with van der Waals surface area (Å²) in [5, 5.41) is 2.69. The maximum absolute atomic E-state index is 12.8. The largest absolute Gasteiger partial charge is 0.352 e. The number of rotatable bonds is 5. The Hall–Kier alpha value is -1.40. The number of carbonyl (C=O) groups excluding carboxylic acids is 1. The van der Waals surface area contributed by atoms with Gasteiger partial charge >= 0.3 is 0 Å². The smallest absolute Gasteiger partial charge is 0.251 e. The van der Waals surface area contributed by atoms with Gasteiger partial charge in [0.05, 0.1) is 4.90 Å². The molecule has 122 valence electrons. The van der Waals surface area contributed by atoms with Crippen LogP contribution in [0.3, 0.4) is 0 Å². The van der Waals surface area contributed by atoms with Gasteiger partial charge in [-0.25, -0.2) is 8.42 Å². The Bertz CT molecular complexity index is 622. The monoisotopic (exact) mass is 324 g/mol. The van der Waals surface area contributed by atoms with E-state index in [2.05, 4.69) is 5.32 Å². The van der Waals surface area contributed by atoms with E-state index in [1.54, 1.807) is 25.2 Å². The number of amides is 1. The van der Waals surface area contributed by atoms with Crippen molar-refractivity contribution in [3.05, 3.63) is 29.8 Å². The van der Waals surface area contributed by atoms with Gasteiger partial charge in [0.1, 0.15) is 0 Å². The zero-order valence-corrected chi connectivity index (χ0v) is 14.0. The van der Waals surface area contributed by atoms with Crippen molar-refractivity contribution in [2.75, 3.05) is 13.6 Å². The summed E-state index contributed by atoms with van der Waals surface area (Å²) in [6.07, 6.45) is 5.14. The molecule has 1 aliphatic carbocycles. The van der Waals surface area contributed by atoms with Gasteiger partial charge in [-0.05, 0) is 38.0 Å². The fourth-order valence-electron chi connectivity index (χ4n) is 2.87. The zero-order valence-electron chi connectivity index (χ0n) is 13.2. The van der Waals surface area contributed by atoms with Gasteiger partial charge in [-0.2, -0.15) is 4.31 Å². The fourth-order valence-corrected chi connectivity index (χ4v) is 4.33. The van der Waals surface area contributed by atoms with E-state index in [-0.39, 0.29) is 16.8 Å². The molecule has 0 spiro atoms. The van der Waals surface area contributed by atoms with Crippen molar-refractivity contribution in [1.29, 1.82) is 0 Å². The first kappa shape index (κ1) is 17.0. The molecule has 0 radical (unpaired) electrons. The van der Waals surface area contributed by atoms with Crippen LogP contribution in [0.15, 0.2) is 29.2 Å². The molecule has 1 saturated carbocycles.